The van der Waals surface area contributed by atoms with Crippen molar-refractivity contribution in [2.75, 3.05) is 6.54 Å². The molecule has 2 N–H and O–H groups in total. The van der Waals surface area contributed by atoms with E-state index in [-0.39, 0.29) is 24.8 Å². The molecule has 0 aliphatic carbocycles. The number of carboxylic acid groups (broad SMARTS) is 1. The molecule has 1 aliphatic heterocycles. The molecule has 0 spiro atoms. The Labute approximate surface area is 161 Å². The topological polar surface area (TPSA) is 86.7 Å². The van der Waals surface area contributed by atoms with Crippen LogP contribution in [0.25, 0.3) is 6.08 Å². The predicted molar refractivity (Wildman–Crippen MR) is 105 cm³/mol. The predicted octanol–water partition coefficient (Wildman–Crippen LogP) is 2.50. The van der Waals surface area contributed by atoms with Crippen LogP contribution in [-0.4, -0.2) is 44.7 Å². The van der Waals surface area contributed by atoms with Gasteiger partial charge in [0.2, 0.25) is 5.91 Å². The molecule has 8 heteroatoms. The maximum absolute atomic E-state index is 12.5. The van der Waals surface area contributed by atoms with E-state index >= 15 is 0 Å². The molecule has 0 bridgehead atoms. The van der Waals surface area contributed by atoms with Gasteiger partial charge in [0.1, 0.15) is 10.4 Å². The Morgan fingerprint density at radius 3 is 2.54 bits per heavy atom. The van der Waals surface area contributed by atoms with Gasteiger partial charge in [0.25, 0.3) is 5.91 Å². The van der Waals surface area contributed by atoms with Crippen LogP contribution in [0, 0.1) is 5.92 Å². The zero-order valence-electron chi connectivity index (χ0n) is 14.5. The molecule has 1 heterocycles. The van der Waals surface area contributed by atoms with Crippen molar-refractivity contribution in [3.63, 3.8) is 0 Å². The number of hydrogen-bond donors (Lipinski definition) is 2. The van der Waals surface area contributed by atoms with Gasteiger partial charge >= 0.3 is 5.97 Å². The third kappa shape index (κ3) is 5.15. The standard InChI is InChI=1S/C18H20N2O4S2/c1-11(2)15(17(23)24)19-14(21)8-9-20-16(22)13(26-18(20)25)10-12-6-4-3-5-7-12/h3-7,10-11,15H,8-9H2,1-2H3,(H,19,21)(H,23,24). The van der Waals surface area contributed by atoms with Gasteiger partial charge in [-0.3, -0.25) is 14.5 Å². The van der Waals surface area contributed by atoms with Gasteiger partial charge in [0.15, 0.2) is 0 Å². The molecule has 1 saturated heterocycles. The number of carbonyl (C=O) groups excluding carboxylic acids is 2. The van der Waals surface area contributed by atoms with Gasteiger partial charge in [-0.25, -0.2) is 4.79 Å². The molecule has 6 nitrogen and oxygen atoms in total. The lowest BCUT2D eigenvalue weighted by atomic mass is 10.0. The van der Waals surface area contributed by atoms with Crippen molar-refractivity contribution >= 4 is 52.2 Å². The van der Waals surface area contributed by atoms with Crippen molar-refractivity contribution in [3.8, 4) is 0 Å². The number of benzene rings is 1. The van der Waals surface area contributed by atoms with Crippen LogP contribution in [-0.2, 0) is 14.4 Å². The first-order valence-electron chi connectivity index (χ1n) is 8.12. The van der Waals surface area contributed by atoms with E-state index in [4.69, 9.17) is 17.3 Å². The molecule has 1 aromatic carbocycles. The highest BCUT2D eigenvalue weighted by molar-refractivity contribution is 8.26. The van der Waals surface area contributed by atoms with Crippen LogP contribution in [0.5, 0.6) is 0 Å². The summed E-state index contributed by atoms with van der Waals surface area (Å²) < 4.78 is 0.392. The Kier molecular flexibility index (Phi) is 6.93. The normalized spacial score (nSPS) is 17.0. The van der Waals surface area contributed by atoms with Crippen LogP contribution < -0.4 is 5.32 Å². The minimum absolute atomic E-state index is 0.0123. The van der Waals surface area contributed by atoms with Crippen molar-refractivity contribution < 1.29 is 19.5 Å². The van der Waals surface area contributed by atoms with Crippen molar-refractivity contribution in [2.24, 2.45) is 5.92 Å². The minimum atomic E-state index is -1.08. The molecule has 0 saturated carbocycles. The number of amides is 2. The molecule has 1 fully saturated rings. The molecule has 1 atom stereocenters. The summed E-state index contributed by atoms with van der Waals surface area (Å²) in [6.45, 7) is 3.55. The summed E-state index contributed by atoms with van der Waals surface area (Å²) in [4.78, 5) is 37.6. The molecular formula is C18H20N2O4S2. The second kappa shape index (κ2) is 8.95. The minimum Gasteiger partial charge on any atom is -0.480 e. The van der Waals surface area contributed by atoms with Crippen molar-refractivity contribution in [2.45, 2.75) is 26.3 Å². The van der Waals surface area contributed by atoms with E-state index in [0.29, 0.717) is 9.23 Å². The monoisotopic (exact) mass is 392 g/mol. The fourth-order valence-corrected chi connectivity index (χ4v) is 3.67. The zero-order valence-corrected chi connectivity index (χ0v) is 16.1. The highest BCUT2D eigenvalue weighted by Gasteiger charge is 2.32. The summed E-state index contributed by atoms with van der Waals surface area (Å²) in [6, 6.07) is 8.47. The van der Waals surface area contributed by atoms with Crippen molar-refractivity contribution in [1.29, 1.82) is 0 Å². The van der Waals surface area contributed by atoms with E-state index in [1.807, 2.05) is 30.3 Å². The first kappa shape index (κ1) is 20.1. The largest absolute Gasteiger partial charge is 0.480 e. The maximum atomic E-state index is 12.5. The molecule has 138 valence electrons. The van der Waals surface area contributed by atoms with Gasteiger partial charge in [-0.05, 0) is 17.6 Å². The SMILES string of the molecule is CC(C)C(NC(=O)CCN1C(=O)C(=Cc2ccccc2)SC1=S)C(=O)O. The molecular weight excluding hydrogens is 372 g/mol. The third-order valence-corrected chi connectivity index (χ3v) is 5.16. The third-order valence-electron chi connectivity index (χ3n) is 3.78. The van der Waals surface area contributed by atoms with E-state index in [1.165, 1.54) is 16.7 Å². The Morgan fingerprint density at radius 1 is 1.31 bits per heavy atom. The quantitative estimate of drug-likeness (QED) is 0.548. The van der Waals surface area contributed by atoms with Gasteiger partial charge in [0.05, 0.1) is 4.91 Å². The Morgan fingerprint density at radius 2 is 1.96 bits per heavy atom. The first-order chi connectivity index (χ1) is 12.3. The molecule has 2 amide bonds. The summed E-state index contributed by atoms with van der Waals surface area (Å²) >= 11 is 6.43. The van der Waals surface area contributed by atoms with E-state index < -0.39 is 17.9 Å². The van der Waals surface area contributed by atoms with Crippen LogP contribution in [0.3, 0.4) is 0 Å². The molecule has 26 heavy (non-hydrogen) atoms. The first-order valence-corrected chi connectivity index (χ1v) is 9.34. The maximum Gasteiger partial charge on any atom is 0.326 e. The van der Waals surface area contributed by atoms with Crippen LogP contribution in [0.1, 0.15) is 25.8 Å². The fourth-order valence-electron chi connectivity index (χ4n) is 2.37. The van der Waals surface area contributed by atoms with Crippen LogP contribution in [0.4, 0.5) is 0 Å². The summed E-state index contributed by atoms with van der Waals surface area (Å²) in [5.41, 5.74) is 0.895. The van der Waals surface area contributed by atoms with Crippen molar-refractivity contribution in [1.82, 2.24) is 10.2 Å². The lowest BCUT2D eigenvalue weighted by Crippen LogP contribution is -2.45. The zero-order chi connectivity index (χ0) is 19.3. The Hall–Kier alpha value is -2.19. The number of rotatable bonds is 7. The van der Waals surface area contributed by atoms with Crippen LogP contribution >= 0.6 is 24.0 Å². The second-order valence-corrected chi connectivity index (χ2v) is 7.80. The Bertz CT molecular complexity index is 747. The fraction of sp³-hybridized carbons (Fsp3) is 0.333. The molecule has 2 rings (SSSR count). The van der Waals surface area contributed by atoms with Crippen LogP contribution in [0.15, 0.2) is 35.2 Å². The highest BCUT2D eigenvalue weighted by atomic mass is 32.2. The number of carboxylic acids is 1. The highest BCUT2D eigenvalue weighted by Crippen LogP contribution is 2.32. The number of aliphatic carboxylic acids is 1. The Balaban J connectivity index is 1.96. The average molecular weight is 393 g/mol. The smallest absolute Gasteiger partial charge is 0.326 e. The molecule has 1 aromatic rings. The summed E-state index contributed by atoms with van der Waals surface area (Å²) in [6.07, 6.45) is 1.75. The number of nitrogens with one attached hydrogen (secondary N) is 1. The van der Waals surface area contributed by atoms with E-state index in [9.17, 15) is 14.4 Å². The van der Waals surface area contributed by atoms with Gasteiger partial charge in [-0.15, -0.1) is 0 Å². The molecule has 1 aliphatic rings. The van der Waals surface area contributed by atoms with E-state index in [1.54, 1.807) is 19.9 Å². The molecule has 0 radical (unpaired) electrons. The van der Waals surface area contributed by atoms with Gasteiger partial charge in [0, 0.05) is 13.0 Å². The number of thiocarbonyl (C=S) groups is 1. The van der Waals surface area contributed by atoms with Crippen molar-refractivity contribution in [3.05, 3.63) is 40.8 Å². The second-order valence-electron chi connectivity index (χ2n) is 6.12. The molecule has 1 unspecified atom stereocenters. The lowest BCUT2D eigenvalue weighted by molar-refractivity contribution is -0.143. The summed E-state index contributed by atoms with van der Waals surface area (Å²) in [5, 5.41) is 11.6. The number of nitrogens with zero attached hydrogens (tertiary/aromatic N) is 1. The van der Waals surface area contributed by atoms with Gasteiger partial charge in [-0.2, -0.15) is 0 Å². The summed E-state index contributed by atoms with van der Waals surface area (Å²) in [5.74, 6) is -1.98. The van der Waals surface area contributed by atoms with Crippen LogP contribution in [0.2, 0.25) is 0 Å². The van der Waals surface area contributed by atoms with E-state index in [0.717, 1.165) is 5.56 Å². The van der Waals surface area contributed by atoms with Gasteiger partial charge < -0.3 is 10.4 Å². The number of carbonyl (C=O) groups is 3. The molecule has 0 aromatic heterocycles. The lowest BCUT2D eigenvalue weighted by Gasteiger charge is -2.19. The van der Waals surface area contributed by atoms with Gasteiger partial charge in [-0.1, -0.05) is 68.2 Å². The number of hydrogen-bond acceptors (Lipinski definition) is 5. The number of thioether (sulfide) groups is 1. The summed E-state index contributed by atoms with van der Waals surface area (Å²) in [7, 11) is 0. The van der Waals surface area contributed by atoms with E-state index in [2.05, 4.69) is 5.32 Å². The average Bonchev–Trinajstić information content (AvgIpc) is 2.84.